The Morgan fingerprint density at radius 2 is 2.07 bits per heavy atom. The summed E-state index contributed by atoms with van der Waals surface area (Å²) in [6.45, 7) is 2.72. The molecule has 0 radical (unpaired) electrons. The Balaban J connectivity index is 2.72. The van der Waals surface area contributed by atoms with Gasteiger partial charge >= 0.3 is 0 Å². The molecule has 0 amide bonds. The minimum absolute atomic E-state index is 0.140. The molecule has 0 aromatic heterocycles. The van der Waals surface area contributed by atoms with Gasteiger partial charge in [0, 0.05) is 7.11 Å². The van der Waals surface area contributed by atoms with E-state index in [1.54, 1.807) is 7.11 Å². The van der Waals surface area contributed by atoms with Gasteiger partial charge in [-0.1, -0.05) is 37.3 Å². The molecule has 76 valence electrons. The summed E-state index contributed by atoms with van der Waals surface area (Å²) in [6, 6.07) is 10.4. The Morgan fingerprint density at radius 1 is 1.36 bits per heavy atom. The Bertz CT molecular complexity index is 269. The second-order valence-corrected chi connectivity index (χ2v) is 3.12. The van der Waals surface area contributed by atoms with Crippen molar-refractivity contribution in [1.29, 1.82) is 0 Å². The van der Waals surface area contributed by atoms with E-state index in [0.29, 0.717) is 6.61 Å². The van der Waals surface area contributed by atoms with Crippen LogP contribution >= 0.6 is 0 Å². The lowest BCUT2D eigenvalue weighted by molar-refractivity contribution is 0.181. The molecule has 0 bridgehead atoms. The minimum Gasteiger partial charge on any atom is -0.382 e. The number of ether oxygens (including phenoxy) is 1. The fourth-order valence-electron chi connectivity index (χ4n) is 1.29. The number of aliphatic imine (C=N–C) groups is 1. The SMILES string of the molecule is CCC=N[C@@H](COC)c1ccccc1. The zero-order valence-corrected chi connectivity index (χ0v) is 8.81. The third-order valence-corrected chi connectivity index (χ3v) is 1.98. The van der Waals surface area contributed by atoms with Gasteiger partial charge in [0.2, 0.25) is 0 Å². The highest BCUT2D eigenvalue weighted by Crippen LogP contribution is 2.16. The van der Waals surface area contributed by atoms with Crippen molar-refractivity contribution < 1.29 is 4.74 Å². The monoisotopic (exact) mass is 191 g/mol. The van der Waals surface area contributed by atoms with Crippen LogP contribution < -0.4 is 0 Å². The smallest absolute Gasteiger partial charge is 0.0978 e. The van der Waals surface area contributed by atoms with E-state index in [-0.39, 0.29) is 6.04 Å². The Hall–Kier alpha value is -1.15. The van der Waals surface area contributed by atoms with E-state index >= 15 is 0 Å². The first-order valence-corrected chi connectivity index (χ1v) is 4.94. The van der Waals surface area contributed by atoms with Gasteiger partial charge < -0.3 is 4.74 Å². The molecule has 0 aliphatic rings. The Morgan fingerprint density at radius 3 is 2.64 bits per heavy atom. The normalized spacial score (nSPS) is 13.3. The van der Waals surface area contributed by atoms with Gasteiger partial charge in [-0.05, 0) is 18.2 Å². The fraction of sp³-hybridized carbons (Fsp3) is 0.417. The van der Waals surface area contributed by atoms with Crippen molar-refractivity contribution in [1.82, 2.24) is 0 Å². The molecule has 0 saturated carbocycles. The first-order valence-electron chi connectivity index (χ1n) is 4.94. The predicted octanol–water partition coefficient (Wildman–Crippen LogP) is 2.85. The van der Waals surface area contributed by atoms with Gasteiger partial charge in [-0.3, -0.25) is 4.99 Å². The summed E-state index contributed by atoms with van der Waals surface area (Å²) in [7, 11) is 1.71. The van der Waals surface area contributed by atoms with Crippen LogP contribution in [0.25, 0.3) is 0 Å². The summed E-state index contributed by atoms with van der Waals surface area (Å²) in [5.41, 5.74) is 1.21. The zero-order valence-electron chi connectivity index (χ0n) is 8.81. The van der Waals surface area contributed by atoms with Gasteiger partial charge in [0.1, 0.15) is 0 Å². The molecule has 2 heteroatoms. The molecule has 0 spiro atoms. The van der Waals surface area contributed by atoms with E-state index in [2.05, 4.69) is 24.0 Å². The summed E-state index contributed by atoms with van der Waals surface area (Å²) < 4.78 is 5.14. The topological polar surface area (TPSA) is 21.6 Å². The van der Waals surface area contributed by atoms with E-state index < -0.39 is 0 Å². The Kier molecular flexibility index (Phi) is 4.94. The molecule has 0 N–H and O–H groups in total. The second-order valence-electron chi connectivity index (χ2n) is 3.12. The van der Waals surface area contributed by atoms with Crippen molar-refractivity contribution in [2.24, 2.45) is 4.99 Å². The van der Waals surface area contributed by atoms with Crippen molar-refractivity contribution in [2.75, 3.05) is 13.7 Å². The van der Waals surface area contributed by atoms with E-state index in [1.807, 2.05) is 24.4 Å². The first kappa shape index (κ1) is 10.9. The molecule has 1 aromatic carbocycles. The molecule has 1 aromatic rings. The molecular weight excluding hydrogens is 174 g/mol. The van der Waals surface area contributed by atoms with Crippen molar-refractivity contribution in [3.05, 3.63) is 35.9 Å². The lowest BCUT2D eigenvalue weighted by Gasteiger charge is -2.11. The number of benzene rings is 1. The average molecular weight is 191 g/mol. The van der Waals surface area contributed by atoms with Gasteiger partial charge in [-0.25, -0.2) is 0 Å². The number of rotatable bonds is 5. The van der Waals surface area contributed by atoms with Crippen molar-refractivity contribution >= 4 is 6.21 Å². The summed E-state index contributed by atoms with van der Waals surface area (Å²) >= 11 is 0. The molecule has 1 rings (SSSR count). The third-order valence-electron chi connectivity index (χ3n) is 1.98. The van der Waals surface area contributed by atoms with Gasteiger partial charge in [0.15, 0.2) is 0 Å². The minimum atomic E-state index is 0.140. The molecule has 0 aliphatic carbocycles. The van der Waals surface area contributed by atoms with E-state index in [9.17, 15) is 0 Å². The fourth-order valence-corrected chi connectivity index (χ4v) is 1.29. The van der Waals surface area contributed by atoms with Crippen LogP contribution in [-0.2, 0) is 4.74 Å². The predicted molar refractivity (Wildman–Crippen MR) is 59.8 cm³/mol. The van der Waals surface area contributed by atoms with Crippen LogP contribution in [-0.4, -0.2) is 19.9 Å². The van der Waals surface area contributed by atoms with Crippen LogP contribution in [0, 0.1) is 0 Å². The highest BCUT2D eigenvalue weighted by Gasteiger charge is 2.06. The third kappa shape index (κ3) is 3.30. The highest BCUT2D eigenvalue weighted by atomic mass is 16.5. The van der Waals surface area contributed by atoms with Crippen LogP contribution in [0.15, 0.2) is 35.3 Å². The molecular formula is C12H17NO. The number of hydrogen-bond acceptors (Lipinski definition) is 2. The largest absolute Gasteiger partial charge is 0.382 e. The van der Waals surface area contributed by atoms with Gasteiger partial charge in [-0.15, -0.1) is 0 Å². The molecule has 0 heterocycles. The first-order chi connectivity index (χ1) is 6.88. The standard InChI is InChI=1S/C12H17NO/c1-3-9-13-12(10-14-2)11-7-5-4-6-8-11/h4-9,12H,3,10H2,1-2H3/t12-/m0/s1. The van der Waals surface area contributed by atoms with Crippen LogP contribution in [0.1, 0.15) is 24.9 Å². The highest BCUT2D eigenvalue weighted by molar-refractivity contribution is 5.57. The van der Waals surface area contributed by atoms with Crippen LogP contribution in [0.3, 0.4) is 0 Å². The maximum atomic E-state index is 5.14. The van der Waals surface area contributed by atoms with Gasteiger partial charge in [-0.2, -0.15) is 0 Å². The number of hydrogen-bond donors (Lipinski definition) is 0. The summed E-state index contributed by atoms with van der Waals surface area (Å²) in [5, 5.41) is 0. The van der Waals surface area contributed by atoms with E-state index in [4.69, 9.17) is 4.74 Å². The average Bonchev–Trinajstić information content (AvgIpc) is 2.25. The maximum absolute atomic E-state index is 5.14. The van der Waals surface area contributed by atoms with E-state index in [0.717, 1.165) is 6.42 Å². The second kappa shape index (κ2) is 6.33. The molecule has 1 atom stereocenters. The molecule has 2 nitrogen and oxygen atoms in total. The molecule has 0 aliphatic heterocycles. The molecule has 14 heavy (non-hydrogen) atoms. The van der Waals surface area contributed by atoms with Crippen molar-refractivity contribution in [3.8, 4) is 0 Å². The van der Waals surface area contributed by atoms with Crippen LogP contribution in [0.4, 0.5) is 0 Å². The summed E-state index contributed by atoms with van der Waals surface area (Å²) in [4.78, 5) is 4.45. The number of nitrogens with zero attached hydrogens (tertiary/aromatic N) is 1. The molecule has 0 saturated heterocycles. The zero-order chi connectivity index (χ0) is 10.2. The van der Waals surface area contributed by atoms with Crippen molar-refractivity contribution in [3.63, 3.8) is 0 Å². The van der Waals surface area contributed by atoms with Crippen LogP contribution in [0.5, 0.6) is 0 Å². The summed E-state index contributed by atoms with van der Waals surface area (Å²) in [5.74, 6) is 0. The molecule has 0 fully saturated rings. The Labute approximate surface area is 85.6 Å². The van der Waals surface area contributed by atoms with Crippen molar-refractivity contribution in [2.45, 2.75) is 19.4 Å². The van der Waals surface area contributed by atoms with Gasteiger partial charge in [0.25, 0.3) is 0 Å². The lowest BCUT2D eigenvalue weighted by Crippen LogP contribution is -2.03. The van der Waals surface area contributed by atoms with Crippen LogP contribution in [0.2, 0.25) is 0 Å². The number of methoxy groups -OCH3 is 1. The van der Waals surface area contributed by atoms with Gasteiger partial charge in [0.05, 0.1) is 12.6 Å². The van der Waals surface area contributed by atoms with E-state index in [1.165, 1.54) is 5.56 Å². The molecule has 0 unspecified atom stereocenters. The lowest BCUT2D eigenvalue weighted by atomic mass is 10.1. The maximum Gasteiger partial charge on any atom is 0.0978 e. The quantitative estimate of drug-likeness (QED) is 0.656. The summed E-state index contributed by atoms with van der Waals surface area (Å²) in [6.07, 6.45) is 2.91.